The molecular weight excluding hydrogens is 256 g/mol. The number of piperidine rings is 1. The second-order valence-corrected chi connectivity index (χ2v) is 6.33. The van der Waals surface area contributed by atoms with Gasteiger partial charge in [0.1, 0.15) is 0 Å². The van der Waals surface area contributed by atoms with Gasteiger partial charge in [-0.1, -0.05) is 0 Å². The van der Waals surface area contributed by atoms with E-state index in [9.17, 15) is 9.90 Å². The minimum Gasteiger partial charge on any atom is -0.392 e. The van der Waals surface area contributed by atoms with Crippen molar-refractivity contribution >= 4 is 5.91 Å². The lowest BCUT2D eigenvalue weighted by atomic mass is 9.58. The third-order valence-corrected chi connectivity index (χ3v) is 4.97. The summed E-state index contributed by atoms with van der Waals surface area (Å²) in [6, 6.07) is 0.0749. The van der Waals surface area contributed by atoms with Crippen molar-refractivity contribution in [3.63, 3.8) is 0 Å². The average Bonchev–Trinajstić information content (AvgIpc) is 2.44. The maximum Gasteiger partial charge on any atom is 0.222 e. The van der Waals surface area contributed by atoms with Crippen LogP contribution in [0.5, 0.6) is 0 Å². The van der Waals surface area contributed by atoms with Crippen LogP contribution >= 0.6 is 0 Å². The van der Waals surface area contributed by atoms with Gasteiger partial charge in [-0.2, -0.15) is 0 Å². The molecule has 1 heterocycles. The molecule has 1 aliphatic carbocycles. The predicted molar refractivity (Wildman–Crippen MR) is 77.2 cm³/mol. The quantitative estimate of drug-likeness (QED) is 0.786. The fourth-order valence-electron chi connectivity index (χ4n) is 3.50. The normalized spacial score (nSPS) is 30.1. The molecule has 5 nitrogen and oxygen atoms in total. The fourth-order valence-corrected chi connectivity index (χ4v) is 3.50. The van der Waals surface area contributed by atoms with E-state index in [1.54, 1.807) is 0 Å². The van der Waals surface area contributed by atoms with Crippen LogP contribution in [0.1, 0.15) is 46.0 Å². The summed E-state index contributed by atoms with van der Waals surface area (Å²) in [6.45, 7) is 6.08. The van der Waals surface area contributed by atoms with Gasteiger partial charge in [0.15, 0.2) is 0 Å². The lowest BCUT2D eigenvalue weighted by Crippen LogP contribution is -2.62. The summed E-state index contributed by atoms with van der Waals surface area (Å²) >= 11 is 0. The van der Waals surface area contributed by atoms with Crippen molar-refractivity contribution in [2.45, 2.75) is 64.2 Å². The molecule has 2 fully saturated rings. The van der Waals surface area contributed by atoms with Crippen molar-refractivity contribution in [3.05, 3.63) is 0 Å². The van der Waals surface area contributed by atoms with Gasteiger partial charge in [-0.15, -0.1) is 0 Å². The summed E-state index contributed by atoms with van der Waals surface area (Å²) in [7, 11) is 0. The summed E-state index contributed by atoms with van der Waals surface area (Å²) in [5.41, 5.74) is 5.59. The largest absolute Gasteiger partial charge is 0.392 e. The van der Waals surface area contributed by atoms with E-state index in [4.69, 9.17) is 10.5 Å². The number of carbonyl (C=O) groups excluding carboxylic acids is 1. The first-order valence-corrected chi connectivity index (χ1v) is 7.82. The Balaban J connectivity index is 1.84. The first-order valence-electron chi connectivity index (χ1n) is 7.82. The third-order valence-electron chi connectivity index (χ3n) is 4.97. The highest BCUT2D eigenvalue weighted by molar-refractivity contribution is 5.76. The number of nitrogens with two attached hydrogens (primary N) is 1. The van der Waals surface area contributed by atoms with E-state index in [-0.39, 0.29) is 29.6 Å². The molecule has 20 heavy (non-hydrogen) atoms. The number of amides is 1. The third kappa shape index (κ3) is 3.00. The topological polar surface area (TPSA) is 75.8 Å². The fraction of sp³-hybridized carbons (Fsp3) is 0.933. The van der Waals surface area contributed by atoms with E-state index in [1.165, 1.54) is 0 Å². The summed E-state index contributed by atoms with van der Waals surface area (Å²) in [5.74, 6) is 0.193. The lowest BCUT2D eigenvalue weighted by Gasteiger charge is -2.56. The van der Waals surface area contributed by atoms with Crippen LogP contribution in [-0.4, -0.2) is 53.9 Å². The Labute approximate surface area is 121 Å². The number of aliphatic hydroxyl groups excluding tert-OH is 1. The molecule has 1 amide bonds. The van der Waals surface area contributed by atoms with Crippen LogP contribution in [-0.2, 0) is 9.53 Å². The lowest BCUT2D eigenvalue weighted by molar-refractivity contribution is -0.210. The van der Waals surface area contributed by atoms with Gasteiger partial charge in [0.25, 0.3) is 0 Å². The first kappa shape index (κ1) is 15.7. The molecule has 1 spiro atoms. The zero-order valence-electron chi connectivity index (χ0n) is 12.7. The number of carbonyl (C=O) groups is 1. The Kier molecular flexibility index (Phi) is 5.04. The minimum absolute atomic E-state index is 0.0749. The van der Waals surface area contributed by atoms with E-state index in [1.807, 2.05) is 18.7 Å². The molecule has 0 bridgehead atoms. The van der Waals surface area contributed by atoms with Gasteiger partial charge in [-0.3, -0.25) is 4.79 Å². The molecule has 1 aliphatic heterocycles. The van der Waals surface area contributed by atoms with Gasteiger partial charge in [0, 0.05) is 44.0 Å². The molecule has 3 unspecified atom stereocenters. The van der Waals surface area contributed by atoms with Crippen LogP contribution in [0.4, 0.5) is 0 Å². The molecule has 0 radical (unpaired) electrons. The van der Waals surface area contributed by atoms with E-state index >= 15 is 0 Å². The van der Waals surface area contributed by atoms with Crippen molar-refractivity contribution < 1.29 is 14.6 Å². The Morgan fingerprint density at radius 3 is 2.65 bits per heavy atom. The van der Waals surface area contributed by atoms with Gasteiger partial charge in [0.2, 0.25) is 5.91 Å². The molecule has 116 valence electrons. The summed E-state index contributed by atoms with van der Waals surface area (Å²) in [4.78, 5) is 14.0. The highest BCUT2D eigenvalue weighted by Crippen LogP contribution is 2.50. The summed E-state index contributed by atoms with van der Waals surface area (Å²) in [5, 5.41) is 10.1. The van der Waals surface area contributed by atoms with Crippen LogP contribution in [0, 0.1) is 5.41 Å². The number of likely N-dealkylation sites (tertiary alicyclic amines) is 1. The van der Waals surface area contributed by atoms with Gasteiger partial charge in [-0.05, 0) is 33.1 Å². The molecule has 0 aromatic heterocycles. The molecule has 1 saturated heterocycles. The van der Waals surface area contributed by atoms with Crippen molar-refractivity contribution in [1.82, 2.24) is 4.90 Å². The summed E-state index contributed by atoms with van der Waals surface area (Å²) < 4.78 is 5.74. The minimum atomic E-state index is -0.264. The van der Waals surface area contributed by atoms with Crippen molar-refractivity contribution in [2.75, 3.05) is 19.7 Å². The number of ether oxygens (including phenoxy) is 1. The number of hydrogen-bond acceptors (Lipinski definition) is 4. The summed E-state index contributed by atoms with van der Waals surface area (Å²) in [6.07, 6.45) is 3.62. The molecular formula is C15H28N2O3. The molecule has 0 aromatic carbocycles. The maximum atomic E-state index is 12.1. The highest BCUT2D eigenvalue weighted by atomic mass is 16.5. The standard InChI is InChI=1S/C15H28N2O3/c1-3-20-13-10-12(18)15(13)6-8-17(9-7-15)14(19)5-4-11(2)16/h11-13,18H,3-10,16H2,1-2H3. The monoisotopic (exact) mass is 284 g/mol. The number of hydrogen-bond donors (Lipinski definition) is 2. The Morgan fingerprint density at radius 2 is 2.15 bits per heavy atom. The average molecular weight is 284 g/mol. The molecule has 3 N–H and O–H groups in total. The second kappa shape index (κ2) is 6.41. The zero-order chi connectivity index (χ0) is 14.8. The smallest absolute Gasteiger partial charge is 0.222 e. The van der Waals surface area contributed by atoms with Crippen molar-refractivity contribution in [1.29, 1.82) is 0 Å². The Bertz CT molecular complexity index is 336. The number of nitrogens with zero attached hydrogens (tertiary/aromatic N) is 1. The molecule has 0 aromatic rings. The molecule has 5 heteroatoms. The van der Waals surface area contributed by atoms with Crippen LogP contribution in [0.3, 0.4) is 0 Å². The maximum absolute atomic E-state index is 12.1. The zero-order valence-corrected chi connectivity index (χ0v) is 12.7. The van der Waals surface area contributed by atoms with Gasteiger partial charge in [0.05, 0.1) is 12.2 Å². The van der Waals surface area contributed by atoms with Crippen LogP contribution in [0.15, 0.2) is 0 Å². The predicted octanol–water partition coefficient (Wildman–Crippen LogP) is 0.892. The van der Waals surface area contributed by atoms with Crippen LogP contribution in [0.2, 0.25) is 0 Å². The highest BCUT2D eigenvalue weighted by Gasteiger charge is 2.56. The molecule has 3 atom stereocenters. The molecule has 1 saturated carbocycles. The first-order chi connectivity index (χ1) is 9.49. The van der Waals surface area contributed by atoms with E-state index in [0.29, 0.717) is 13.0 Å². The van der Waals surface area contributed by atoms with Gasteiger partial charge < -0.3 is 20.5 Å². The molecule has 2 aliphatic rings. The molecule has 2 rings (SSSR count). The van der Waals surface area contributed by atoms with Gasteiger partial charge in [-0.25, -0.2) is 0 Å². The van der Waals surface area contributed by atoms with Crippen LogP contribution < -0.4 is 5.73 Å². The van der Waals surface area contributed by atoms with Gasteiger partial charge >= 0.3 is 0 Å². The van der Waals surface area contributed by atoms with Crippen molar-refractivity contribution in [3.8, 4) is 0 Å². The van der Waals surface area contributed by atoms with E-state index < -0.39 is 0 Å². The Morgan fingerprint density at radius 1 is 1.50 bits per heavy atom. The van der Waals surface area contributed by atoms with Crippen LogP contribution in [0.25, 0.3) is 0 Å². The van der Waals surface area contributed by atoms with E-state index in [0.717, 1.165) is 38.8 Å². The Hall–Kier alpha value is -0.650. The SMILES string of the molecule is CCOC1CC(O)C12CCN(C(=O)CCC(C)N)CC2. The number of rotatable bonds is 5. The van der Waals surface area contributed by atoms with E-state index in [2.05, 4.69) is 0 Å². The van der Waals surface area contributed by atoms with Crippen molar-refractivity contribution in [2.24, 2.45) is 11.1 Å². The second-order valence-electron chi connectivity index (χ2n) is 6.33. The number of aliphatic hydroxyl groups is 1.